The molecule has 0 bridgehead atoms. The number of nitrogens with zero attached hydrogens (tertiary/aromatic N) is 3. The molecule has 0 saturated carbocycles. The highest BCUT2D eigenvalue weighted by molar-refractivity contribution is 5.93. The lowest BCUT2D eigenvalue weighted by Gasteiger charge is -2.34. The first-order valence-corrected chi connectivity index (χ1v) is 8.87. The molecule has 25 heavy (non-hydrogen) atoms. The van der Waals surface area contributed by atoms with Crippen LogP contribution in [0.2, 0.25) is 0 Å². The van der Waals surface area contributed by atoms with Gasteiger partial charge in [-0.2, -0.15) is 4.39 Å². The summed E-state index contributed by atoms with van der Waals surface area (Å²) in [5.41, 5.74) is 1.22. The maximum absolute atomic E-state index is 14.3. The van der Waals surface area contributed by atoms with E-state index in [1.165, 1.54) is 4.40 Å². The molecular weight excluding hydrogens is 323 g/mol. The summed E-state index contributed by atoms with van der Waals surface area (Å²) in [6, 6.07) is 3.74. The first-order valence-electron chi connectivity index (χ1n) is 8.87. The second-order valence-electron chi connectivity index (χ2n) is 6.66. The minimum Gasteiger partial charge on any atom is -0.395 e. The van der Waals surface area contributed by atoms with Crippen LogP contribution in [0.1, 0.15) is 41.7 Å². The zero-order chi connectivity index (χ0) is 17.8. The van der Waals surface area contributed by atoms with Crippen LogP contribution in [0.3, 0.4) is 0 Å². The van der Waals surface area contributed by atoms with Crippen molar-refractivity contribution in [3.05, 3.63) is 35.5 Å². The zero-order valence-corrected chi connectivity index (χ0v) is 14.5. The van der Waals surface area contributed by atoms with E-state index in [0.29, 0.717) is 12.2 Å². The highest BCUT2D eigenvalue weighted by Crippen LogP contribution is 2.16. The van der Waals surface area contributed by atoms with Crippen molar-refractivity contribution >= 4 is 11.6 Å². The van der Waals surface area contributed by atoms with Gasteiger partial charge in [0.2, 0.25) is 5.95 Å². The minimum absolute atomic E-state index is 0.170. The summed E-state index contributed by atoms with van der Waals surface area (Å²) in [6.45, 7) is 4.34. The fraction of sp³-hybridized carbons (Fsp3) is 0.556. The molecule has 0 aromatic carbocycles. The van der Waals surface area contributed by atoms with Gasteiger partial charge in [-0.05, 0) is 50.4 Å². The predicted octanol–water partition coefficient (Wildman–Crippen LogP) is 1.75. The molecule has 1 amide bonds. The molecule has 1 aliphatic rings. The van der Waals surface area contributed by atoms with Gasteiger partial charge in [0.15, 0.2) is 5.69 Å². The van der Waals surface area contributed by atoms with Crippen LogP contribution in [0.4, 0.5) is 4.39 Å². The molecule has 1 aliphatic heterocycles. The molecule has 3 rings (SSSR count). The number of aliphatic hydroxyl groups is 1. The topological polar surface area (TPSA) is 69.9 Å². The molecule has 0 spiro atoms. The fourth-order valence-corrected chi connectivity index (χ4v) is 3.39. The number of piperidine rings is 1. The van der Waals surface area contributed by atoms with Crippen LogP contribution in [0.15, 0.2) is 18.3 Å². The molecule has 2 N–H and O–H groups in total. The number of aryl methyl sites for hydroxylation is 1. The van der Waals surface area contributed by atoms with Crippen molar-refractivity contribution in [1.29, 1.82) is 0 Å². The van der Waals surface area contributed by atoms with Crippen molar-refractivity contribution in [2.75, 3.05) is 26.2 Å². The lowest BCUT2D eigenvalue weighted by molar-refractivity contribution is 0.0865. The van der Waals surface area contributed by atoms with Gasteiger partial charge in [0.1, 0.15) is 5.65 Å². The summed E-state index contributed by atoms with van der Waals surface area (Å²) in [7, 11) is 0. The van der Waals surface area contributed by atoms with Crippen molar-refractivity contribution in [3.63, 3.8) is 0 Å². The molecule has 3 heterocycles. The fourth-order valence-electron chi connectivity index (χ4n) is 3.39. The van der Waals surface area contributed by atoms with Crippen molar-refractivity contribution in [2.45, 2.75) is 38.6 Å². The number of fused-ring (bicyclic) bond motifs is 1. The van der Waals surface area contributed by atoms with Gasteiger partial charge in [0.25, 0.3) is 5.91 Å². The van der Waals surface area contributed by atoms with Gasteiger partial charge in [-0.3, -0.25) is 14.1 Å². The average Bonchev–Trinajstić information content (AvgIpc) is 2.95. The molecular formula is C18H25FN4O2. The molecule has 0 aliphatic carbocycles. The summed E-state index contributed by atoms with van der Waals surface area (Å²) in [4.78, 5) is 18.6. The average molecular weight is 348 g/mol. The molecule has 136 valence electrons. The normalized spacial score (nSPS) is 18.6. The van der Waals surface area contributed by atoms with Crippen LogP contribution in [0.5, 0.6) is 0 Å². The number of likely N-dealkylation sites (tertiary alicyclic amines) is 1. The van der Waals surface area contributed by atoms with E-state index in [1.807, 2.05) is 6.92 Å². The second-order valence-corrected chi connectivity index (χ2v) is 6.66. The maximum Gasteiger partial charge on any atom is 0.274 e. The highest BCUT2D eigenvalue weighted by atomic mass is 19.1. The summed E-state index contributed by atoms with van der Waals surface area (Å²) < 4.78 is 15.6. The van der Waals surface area contributed by atoms with Gasteiger partial charge in [0.05, 0.1) is 6.61 Å². The van der Waals surface area contributed by atoms with Crippen molar-refractivity contribution < 1.29 is 14.3 Å². The Bertz CT molecular complexity index is 746. The van der Waals surface area contributed by atoms with Gasteiger partial charge < -0.3 is 10.4 Å². The number of pyridine rings is 1. The van der Waals surface area contributed by atoms with Crippen LogP contribution in [-0.4, -0.2) is 57.6 Å². The van der Waals surface area contributed by atoms with Gasteiger partial charge >= 0.3 is 0 Å². The number of hydrogen-bond donors (Lipinski definition) is 2. The van der Waals surface area contributed by atoms with E-state index in [2.05, 4.69) is 15.2 Å². The van der Waals surface area contributed by atoms with E-state index >= 15 is 0 Å². The molecule has 1 saturated heterocycles. The first kappa shape index (κ1) is 17.8. The van der Waals surface area contributed by atoms with Crippen molar-refractivity contribution in [3.8, 4) is 0 Å². The number of halogens is 1. The van der Waals surface area contributed by atoms with Crippen LogP contribution in [0.25, 0.3) is 5.65 Å². The highest BCUT2D eigenvalue weighted by Gasteiger charge is 2.22. The second kappa shape index (κ2) is 7.93. The molecule has 2 aromatic heterocycles. The van der Waals surface area contributed by atoms with E-state index in [-0.39, 0.29) is 18.3 Å². The largest absolute Gasteiger partial charge is 0.395 e. The molecule has 0 unspecified atom stereocenters. The van der Waals surface area contributed by atoms with E-state index < -0.39 is 11.9 Å². The van der Waals surface area contributed by atoms with E-state index in [1.54, 1.807) is 18.3 Å². The van der Waals surface area contributed by atoms with Gasteiger partial charge in [0, 0.05) is 25.3 Å². The number of amides is 1. The van der Waals surface area contributed by atoms with E-state index in [0.717, 1.165) is 44.3 Å². The number of rotatable bonds is 6. The lowest BCUT2D eigenvalue weighted by Crippen LogP contribution is -2.43. The third kappa shape index (κ3) is 3.99. The van der Waals surface area contributed by atoms with Crippen LogP contribution in [0, 0.1) is 12.9 Å². The summed E-state index contributed by atoms with van der Waals surface area (Å²) in [5, 5.41) is 12.2. The number of aromatic nitrogens is 2. The maximum atomic E-state index is 14.3. The van der Waals surface area contributed by atoms with Crippen molar-refractivity contribution in [1.82, 2.24) is 19.6 Å². The number of nitrogens with one attached hydrogen (secondary N) is 1. The number of carbonyl (C=O) groups excluding carboxylic acids is 1. The lowest BCUT2D eigenvalue weighted by atomic mass is 10.0. The zero-order valence-electron chi connectivity index (χ0n) is 14.5. The van der Waals surface area contributed by atoms with Crippen molar-refractivity contribution in [2.24, 2.45) is 0 Å². The first-order chi connectivity index (χ1) is 12.1. The Morgan fingerprint density at radius 3 is 3.12 bits per heavy atom. The Balaban J connectivity index is 1.53. The van der Waals surface area contributed by atoms with Crippen LogP contribution < -0.4 is 5.32 Å². The summed E-state index contributed by atoms with van der Waals surface area (Å²) in [6.07, 6.45) is 5.67. The van der Waals surface area contributed by atoms with Gasteiger partial charge in [-0.1, -0.05) is 6.42 Å². The number of aliphatic hydroxyl groups excluding tert-OH is 1. The van der Waals surface area contributed by atoms with Gasteiger partial charge in [-0.25, -0.2) is 4.98 Å². The van der Waals surface area contributed by atoms with E-state index in [9.17, 15) is 14.3 Å². The summed E-state index contributed by atoms with van der Waals surface area (Å²) >= 11 is 0. The molecule has 2 aromatic rings. The molecule has 0 radical (unpaired) electrons. The minimum atomic E-state index is -0.635. The number of hydrogen-bond acceptors (Lipinski definition) is 4. The monoisotopic (exact) mass is 348 g/mol. The quantitative estimate of drug-likeness (QED) is 0.781. The van der Waals surface area contributed by atoms with E-state index in [4.69, 9.17) is 0 Å². The third-order valence-corrected chi connectivity index (χ3v) is 4.81. The number of carbonyl (C=O) groups is 1. The molecule has 7 heteroatoms. The smallest absolute Gasteiger partial charge is 0.274 e. The molecule has 6 nitrogen and oxygen atoms in total. The Kier molecular flexibility index (Phi) is 5.65. The third-order valence-electron chi connectivity index (χ3n) is 4.81. The number of imidazole rings is 1. The SMILES string of the molecule is Cc1ccn2c(F)c(C(=O)NCCCN3CCCC[C@@H]3CO)nc2c1. The molecule has 1 fully saturated rings. The Labute approximate surface area is 146 Å². The Hall–Kier alpha value is -1.99. The van der Waals surface area contributed by atoms with Crippen LogP contribution in [-0.2, 0) is 0 Å². The Morgan fingerprint density at radius 1 is 1.48 bits per heavy atom. The van der Waals surface area contributed by atoms with Crippen LogP contribution >= 0.6 is 0 Å². The molecule has 1 atom stereocenters. The predicted molar refractivity (Wildman–Crippen MR) is 93.1 cm³/mol. The standard InChI is InChI=1S/C18H25FN4O2/c1-13-6-10-23-15(11-13)21-16(17(23)19)18(25)20-7-4-9-22-8-3-2-5-14(22)12-24/h6,10-11,14,24H,2-5,7-9,12H2,1H3,(H,20,25)/t14-/m1/s1. The summed E-state index contributed by atoms with van der Waals surface area (Å²) in [5.74, 6) is -1.12. The Morgan fingerprint density at radius 2 is 2.32 bits per heavy atom. The van der Waals surface area contributed by atoms with Gasteiger partial charge in [-0.15, -0.1) is 0 Å².